The number of H-pyrrole nitrogens is 1. The summed E-state index contributed by atoms with van der Waals surface area (Å²) in [7, 11) is -3.31. The average Bonchev–Trinajstić information content (AvgIpc) is 3.45. The summed E-state index contributed by atoms with van der Waals surface area (Å²) < 4.78 is 24.0. The van der Waals surface area contributed by atoms with Crippen LogP contribution in [0, 0.1) is 0 Å². The van der Waals surface area contributed by atoms with Gasteiger partial charge in [0.05, 0.1) is 22.3 Å². The van der Waals surface area contributed by atoms with Crippen LogP contribution in [0.5, 0.6) is 0 Å². The van der Waals surface area contributed by atoms with Gasteiger partial charge in [-0.25, -0.2) is 8.42 Å². The standard InChI is InChI=1S/C35H44N4O4S/c1-24-23-38(32-21-27(13-16-31(32)39(24)25(2)40)26-11-14-28(15-12-26)44(3,42)43)34(41)30-22-29-33(37-30)36-20-19-35(29)17-9-7-5-4-6-8-10-18-35/h11-16,21-22,24,36-37H,4-10,17-20,23H2,1-3H3/t24-/m0/s1. The second-order valence-corrected chi connectivity index (χ2v) is 15.1. The Labute approximate surface area is 261 Å². The summed E-state index contributed by atoms with van der Waals surface area (Å²) in [5.41, 5.74) is 4.95. The molecule has 2 amide bonds. The molecule has 1 atom stereocenters. The molecule has 2 aromatic carbocycles. The Kier molecular flexibility index (Phi) is 8.35. The molecule has 1 spiro atoms. The van der Waals surface area contributed by atoms with Crippen LogP contribution in [0.3, 0.4) is 0 Å². The molecule has 3 aliphatic rings. The fourth-order valence-corrected chi connectivity index (χ4v) is 8.29. The zero-order valence-corrected chi connectivity index (χ0v) is 26.9. The van der Waals surface area contributed by atoms with Crippen LogP contribution in [-0.4, -0.2) is 50.6 Å². The molecule has 3 aromatic rings. The van der Waals surface area contributed by atoms with Gasteiger partial charge < -0.3 is 20.1 Å². The third-order valence-corrected chi connectivity index (χ3v) is 11.1. The predicted molar refractivity (Wildman–Crippen MR) is 176 cm³/mol. The van der Waals surface area contributed by atoms with Gasteiger partial charge in [0.1, 0.15) is 11.5 Å². The van der Waals surface area contributed by atoms with Gasteiger partial charge in [0, 0.05) is 37.2 Å². The lowest BCUT2D eigenvalue weighted by Crippen LogP contribution is -2.51. The minimum absolute atomic E-state index is 0.0754. The maximum absolute atomic E-state index is 14.4. The maximum Gasteiger partial charge on any atom is 0.274 e. The number of carbonyl (C=O) groups excluding carboxylic acids is 2. The van der Waals surface area contributed by atoms with E-state index in [9.17, 15) is 18.0 Å². The van der Waals surface area contributed by atoms with Crippen LogP contribution in [0.1, 0.15) is 94.1 Å². The van der Waals surface area contributed by atoms with E-state index in [4.69, 9.17) is 0 Å². The van der Waals surface area contributed by atoms with Crippen molar-refractivity contribution in [2.24, 2.45) is 0 Å². The Morgan fingerprint density at radius 2 is 1.48 bits per heavy atom. The van der Waals surface area contributed by atoms with Crippen LogP contribution >= 0.6 is 0 Å². The van der Waals surface area contributed by atoms with Crippen LogP contribution in [0.2, 0.25) is 0 Å². The third-order valence-electron chi connectivity index (χ3n) is 9.95. The highest BCUT2D eigenvalue weighted by Gasteiger charge is 2.40. The minimum Gasteiger partial charge on any atom is -0.371 e. The Morgan fingerprint density at radius 1 is 0.841 bits per heavy atom. The number of amides is 2. The molecule has 44 heavy (non-hydrogen) atoms. The van der Waals surface area contributed by atoms with Crippen molar-refractivity contribution in [2.45, 2.75) is 94.4 Å². The van der Waals surface area contributed by atoms with Crippen LogP contribution < -0.4 is 15.1 Å². The number of rotatable bonds is 3. The molecule has 1 fully saturated rings. The summed E-state index contributed by atoms with van der Waals surface area (Å²) >= 11 is 0. The van der Waals surface area contributed by atoms with Crippen molar-refractivity contribution in [1.82, 2.24) is 4.98 Å². The zero-order chi connectivity index (χ0) is 31.1. The van der Waals surface area contributed by atoms with Gasteiger partial charge in [0.25, 0.3) is 5.91 Å². The lowest BCUT2D eigenvalue weighted by molar-refractivity contribution is -0.117. The Hall–Kier alpha value is -3.59. The van der Waals surface area contributed by atoms with E-state index in [0.29, 0.717) is 23.6 Å². The van der Waals surface area contributed by atoms with Crippen LogP contribution in [-0.2, 0) is 20.0 Å². The molecule has 0 unspecified atom stereocenters. The third kappa shape index (κ3) is 5.78. The summed E-state index contributed by atoms with van der Waals surface area (Å²) in [4.78, 5) is 34.4. The van der Waals surface area contributed by atoms with E-state index in [1.807, 2.05) is 25.1 Å². The van der Waals surface area contributed by atoms with Gasteiger partial charge in [0.15, 0.2) is 9.84 Å². The number of aromatic nitrogens is 1. The lowest BCUT2D eigenvalue weighted by Gasteiger charge is -2.41. The first kappa shape index (κ1) is 30.4. The highest BCUT2D eigenvalue weighted by molar-refractivity contribution is 7.90. The molecule has 2 N–H and O–H groups in total. The molecule has 0 saturated heterocycles. The first-order valence-electron chi connectivity index (χ1n) is 16.1. The van der Waals surface area contributed by atoms with Crippen molar-refractivity contribution in [3.8, 4) is 11.1 Å². The topological polar surface area (TPSA) is 103 Å². The number of nitrogens with zero attached hydrogens (tertiary/aromatic N) is 2. The molecule has 1 aliphatic carbocycles. The number of anilines is 3. The number of fused-ring (bicyclic) bond motifs is 3. The molecule has 0 radical (unpaired) electrons. The molecule has 9 heteroatoms. The van der Waals surface area contributed by atoms with Gasteiger partial charge in [-0.3, -0.25) is 9.59 Å². The molecular formula is C35H44N4O4S. The average molecular weight is 617 g/mol. The SMILES string of the molecule is CC(=O)N1c2ccc(-c3ccc(S(C)(=O)=O)cc3)cc2N(C(=O)c2cc3c([nH]2)NCCC32CCCCCCCCC2)C[C@@H]1C. The first-order valence-corrected chi connectivity index (χ1v) is 18.0. The number of nitrogens with one attached hydrogen (secondary N) is 2. The highest BCUT2D eigenvalue weighted by atomic mass is 32.2. The fourth-order valence-electron chi connectivity index (χ4n) is 7.66. The molecule has 3 heterocycles. The smallest absolute Gasteiger partial charge is 0.274 e. The van der Waals surface area contributed by atoms with E-state index in [0.717, 1.165) is 42.8 Å². The summed E-state index contributed by atoms with van der Waals surface area (Å²) in [5.74, 6) is 0.790. The van der Waals surface area contributed by atoms with E-state index in [2.05, 4.69) is 16.4 Å². The van der Waals surface area contributed by atoms with E-state index in [1.165, 1.54) is 56.8 Å². The van der Waals surface area contributed by atoms with Gasteiger partial charge in [-0.2, -0.15) is 0 Å². The summed E-state index contributed by atoms with van der Waals surface area (Å²) in [6.45, 7) is 4.79. The normalized spacial score (nSPS) is 20.4. The van der Waals surface area contributed by atoms with Gasteiger partial charge in [0.2, 0.25) is 5.91 Å². The largest absolute Gasteiger partial charge is 0.371 e. The summed E-state index contributed by atoms with van der Waals surface area (Å²) in [6.07, 6.45) is 13.5. The second-order valence-electron chi connectivity index (χ2n) is 13.1. The summed E-state index contributed by atoms with van der Waals surface area (Å²) in [5, 5.41) is 3.55. The highest BCUT2D eigenvalue weighted by Crippen LogP contribution is 2.46. The van der Waals surface area contributed by atoms with E-state index >= 15 is 0 Å². The van der Waals surface area contributed by atoms with Gasteiger partial charge in [-0.15, -0.1) is 0 Å². The van der Waals surface area contributed by atoms with Gasteiger partial charge in [-0.05, 0) is 67.6 Å². The van der Waals surface area contributed by atoms with Crippen molar-refractivity contribution in [1.29, 1.82) is 0 Å². The number of hydrogen-bond acceptors (Lipinski definition) is 5. The molecule has 6 rings (SSSR count). The number of hydrogen-bond donors (Lipinski definition) is 2. The number of carbonyl (C=O) groups is 2. The number of benzene rings is 2. The molecule has 8 nitrogen and oxygen atoms in total. The molecule has 0 bridgehead atoms. The molecular weight excluding hydrogens is 572 g/mol. The quantitative estimate of drug-likeness (QED) is 0.328. The Bertz CT molecular complexity index is 1650. The fraction of sp³-hybridized carbons (Fsp3) is 0.486. The Balaban J connectivity index is 1.37. The lowest BCUT2D eigenvalue weighted by atomic mass is 9.69. The van der Waals surface area contributed by atoms with E-state index in [-0.39, 0.29) is 28.2 Å². The van der Waals surface area contributed by atoms with Gasteiger partial charge in [-0.1, -0.05) is 63.1 Å². The summed E-state index contributed by atoms with van der Waals surface area (Å²) in [6, 6.07) is 14.4. The molecule has 1 aromatic heterocycles. The molecule has 234 valence electrons. The number of aromatic amines is 1. The van der Waals surface area contributed by atoms with Crippen molar-refractivity contribution in [3.05, 3.63) is 59.8 Å². The molecule has 1 saturated carbocycles. The van der Waals surface area contributed by atoms with Gasteiger partial charge >= 0.3 is 0 Å². The first-order chi connectivity index (χ1) is 21.1. The zero-order valence-electron chi connectivity index (χ0n) is 26.1. The van der Waals surface area contributed by atoms with Crippen LogP contribution in [0.25, 0.3) is 11.1 Å². The van der Waals surface area contributed by atoms with Crippen LogP contribution in [0.4, 0.5) is 17.2 Å². The second kappa shape index (κ2) is 12.1. The van der Waals surface area contributed by atoms with Crippen molar-refractivity contribution < 1.29 is 18.0 Å². The van der Waals surface area contributed by atoms with Crippen molar-refractivity contribution >= 4 is 38.8 Å². The number of sulfone groups is 1. The van der Waals surface area contributed by atoms with E-state index < -0.39 is 9.84 Å². The van der Waals surface area contributed by atoms with E-state index in [1.54, 1.807) is 41.0 Å². The molecule has 2 aliphatic heterocycles. The van der Waals surface area contributed by atoms with Crippen LogP contribution in [0.15, 0.2) is 53.4 Å². The Morgan fingerprint density at radius 3 is 2.11 bits per heavy atom. The minimum atomic E-state index is -3.31. The maximum atomic E-state index is 14.4. The van der Waals surface area contributed by atoms with Crippen molar-refractivity contribution in [3.63, 3.8) is 0 Å². The van der Waals surface area contributed by atoms with Crippen molar-refractivity contribution in [2.75, 3.05) is 34.5 Å². The monoisotopic (exact) mass is 616 g/mol. The predicted octanol–water partition coefficient (Wildman–Crippen LogP) is 7.06.